The summed E-state index contributed by atoms with van der Waals surface area (Å²) in [5, 5.41) is 3.14. The van der Waals surface area contributed by atoms with Crippen LogP contribution in [0.4, 0.5) is 4.79 Å². The van der Waals surface area contributed by atoms with Crippen LogP contribution in [0, 0.1) is 17.8 Å². The van der Waals surface area contributed by atoms with E-state index in [0.29, 0.717) is 17.8 Å². The van der Waals surface area contributed by atoms with Crippen LogP contribution in [0.5, 0.6) is 11.5 Å². The summed E-state index contributed by atoms with van der Waals surface area (Å²) in [7, 11) is 3.33. The van der Waals surface area contributed by atoms with Crippen molar-refractivity contribution in [1.82, 2.24) is 15.1 Å². The first-order valence-corrected chi connectivity index (χ1v) is 10.4. The quantitative estimate of drug-likeness (QED) is 0.743. The predicted molar refractivity (Wildman–Crippen MR) is 111 cm³/mol. The van der Waals surface area contributed by atoms with Gasteiger partial charge in [0.15, 0.2) is 0 Å². The number of carbonyl (C=O) groups excluding carboxylic acids is 1. The molecular weight excluding hydrogens is 354 g/mol. The summed E-state index contributed by atoms with van der Waals surface area (Å²) < 4.78 is 10.7. The van der Waals surface area contributed by atoms with E-state index in [2.05, 4.69) is 24.1 Å². The highest BCUT2D eigenvalue weighted by Crippen LogP contribution is 2.27. The van der Waals surface area contributed by atoms with E-state index >= 15 is 0 Å². The van der Waals surface area contributed by atoms with E-state index in [9.17, 15) is 4.79 Å². The molecule has 0 radical (unpaired) electrons. The fraction of sp³-hybridized carbons (Fsp3) is 0.682. The van der Waals surface area contributed by atoms with Gasteiger partial charge >= 0.3 is 6.03 Å². The van der Waals surface area contributed by atoms with E-state index in [1.807, 2.05) is 23.1 Å². The molecule has 28 heavy (non-hydrogen) atoms. The lowest BCUT2D eigenvalue weighted by atomic mass is 9.92. The Morgan fingerprint density at radius 1 is 1.11 bits per heavy atom. The Morgan fingerprint density at radius 2 is 1.79 bits per heavy atom. The smallest absolute Gasteiger partial charge is 0.317 e. The lowest BCUT2D eigenvalue weighted by Crippen LogP contribution is -2.54. The first-order chi connectivity index (χ1) is 13.5. The number of nitrogens with zero attached hydrogens (tertiary/aromatic N) is 2. The van der Waals surface area contributed by atoms with Gasteiger partial charge in [-0.15, -0.1) is 0 Å². The molecule has 0 aromatic heterocycles. The SMILES string of the molecule is COc1cc(CC2CN(C(=O)NCC3CCN(CC(C)C)C3)C2)cc(OC)c1. The van der Waals surface area contributed by atoms with Crippen LogP contribution in [0.15, 0.2) is 18.2 Å². The van der Waals surface area contributed by atoms with Crippen molar-refractivity contribution < 1.29 is 14.3 Å². The van der Waals surface area contributed by atoms with Gasteiger partial charge in [0.25, 0.3) is 0 Å². The number of urea groups is 1. The molecule has 2 heterocycles. The Hall–Kier alpha value is -1.95. The van der Waals surface area contributed by atoms with Crippen LogP contribution < -0.4 is 14.8 Å². The Labute approximate surface area is 169 Å². The highest BCUT2D eigenvalue weighted by atomic mass is 16.5. The molecule has 0 bridgehead atoms. The first kappa shape index (κ1) is 20.8. The summed E-state index contributed by atoms with van der Waals surface area (Å²) in [6, 6.07) is 6.07. The normalized spacial score (nSPS) is 20.3. The van der Waals surface area contributed by atoms with E-state index in [-0.39, 0.29) is 6.03 Å². The molecule has 6 nitrogen and oxygen atoms in total. The maximum Gasteiger partial charge on any atom is 0.317 e. The molecule has 0 aliphatic carbocycles. The number of benzene rings is 1. The molecule has 2 aliphatic rings. The van der Waals surface area contributed by atoms with Crippen molar-refractivity contribution in [2.75, 3.05) is 53.5 Å². The third-order valence-electron chi connectivity index (χ3n) is 5.72. The summed E-state index contributed by atoms with van der Waals surface area (Å²) in [5.74, 6) is 3.41. The van der Waals surface area contributed by atoms with Gasteiger partial charge in [0.2, 0.25) is 0 Å². The Kier molecular flexibility index (Phi) is 7.05. The van der Waals surface area contributed by atoms with E-state index in [1.54, 1.807) is 14.2 Å². The Balaban J connectivity index is 1.38. The summed E-state index contributed by atoms with van der Waals surface area (Å²) in [5.41, 5.74) is 1.19. The number of hydrogen-bond donors (Lipinski definition) is 1. The topological polar surface area (TPSA) is 54.0 Å². The van der Waals surface area contributed by atoms with Crippen LogP contribution in [-0.4, -0.2) is 69.3 Å². The average molecular weight is 390 g/mol. The Bertz CT molecular complexity index is 636. The molecule has 2 saturated heterocycles. The second-order valence-electron chi connectivity index (χ2n) is 8.69. The van der Waals surface area contributed by atoms with Gasteiger partial charge < -0.3 is 24.6 Å². The zero-order valence-corrected chi connectivity index (χ0v) is 17.7. The van der Waals surface area contributed by atoms with Crippen LogP contribution in [0.3, 0.4) is 0 Å². The largest absolute Gasteiger partial charge is 0.497 e. The lowest BCUT2D eigenvalue weighted by molar-refractivity contribution is 0.119. The van der Waals surface area contributed by atoms with Gasteiger partial charge in [-0.25, -0.2) is 4.79 Å². The standard InChI is InChI=1S/C22H35N3O3/c1-16(2)12-24-6-5-17(13-24)11-23-22(26)25-14-19(15-25)7-18-8-20(27-3)10-21(9-18)28-4/h8-10,16-17,19H,5-7,11-15H2,1-4H3,(H,23,26). The van der Waals surface area contributed by atoms with Crippen molar-refractivity contribution in [3.8, 4) is 11.5 Å². The number of rotatable bonds is 8. The molecule has 1 aromatic carbocycles. The van der Waals surface area contributed by atoms with Gasteiger partial charge in [0.1, 0.15) is 11.5 Å². The summed E-state index contributed by atoms with van der Waals surface area (Å²) in [6.45, 7) is 10.4. The molecule has 0 saturated carbocycles. The van der Waals surface area contributed by atoms with Crippen LogP contribution >= 0.6 is 0 Å². The number of likely N-dealkylation sites (tertiary alicyclic amines) is 2. The molecule has 3 rings (SSSR count). The second kappa shape index (κ2) is 9.50. The summed E-state index contributed by atoms with van der Waals surface area (Å²) >= 11 is 0. The fourth-order valence-electron chi connectivity index (χ4n) is 4.29. The number of amides is 2. The predicted octanol–water partition coefficient (Wildman–Crippen LogP) is 2.87. The maximum absolute atomic E-state index is 12.4. The molecule has 2 amide bonds. The van der Waals surface area contributed by atoms with Gasteiger partial charge in [-0.3, -0.25) is 0 Å². The third kappa shape index (κ3) is 5.53. The van der Waals surface area contributed by atoms with Crippen LogP contribution in [0.1, 0.15) is 25.8 Å². The van der Waals surface area contributed by atoms with Gasteiger partial charge in [0, 0.05) is 38.8 Å². The van der Waals surface area contributed by atoms with Crippen molar-refractivity contribution in [1.29, 1.82) is 0 Å². The lowest BCUT2D eigenvalue weighted by Gasteiger charge is -2.39. The zero-order valence-electron chi connectivity index (χ0n) is 17.7. The second-order valence-corrected chi connectivity index (χ2v) is 8.69. The molecule has 1 atom stereocenters. The number of carbonyl (C=O) groups is 1. The van der Waals surface area contributed by atoms with Crippen molar-refractivity contribution in [2.45, 2.75) is 26.7 Å². The maximum atomic E-state index is 12.4. The minimum absolute atomic E-state index is 0.0850. The molecule has 1 aromatic rings. The number of nitrogens with one attached hydrogen (secondary N) is 1. The van der Waals surface area contributed by atoms with Crippen LogP contribution in [-0.2, 0) is 6.42 Å². The molecule has 2 fully saturated rings. The van der Waals surface area contributed by atoms with E-state index in [0.717, 1.165) is 57.2 Å². The zero-order chi connectivity index (χ0) is 20.1. The van der Waals surface area contributed by atoms with Gasteiger partial charge in [0.05, 0.1) is 14.2 Å². The van der Waals surface area contributed by atoms with Crippen LogP contribution in [0.25, 0.3) is 0 Å². The average Bonchev–Trinajstić information content (AvgIpc) is 3.08. The van der Waals surface area contributed by atoms with E-state index in [4.69, 9.17) is 9.47 Å². The highest BCUT2D eigenvalue weighted by molar-refractivity contribution is 5.75. The molecule has 1 unspecified atom stereocenters. The number of ether oxygens (including phenoxy) is 2. The van der Waals surface area contributed by atoms with Gasteiger partial charge in [-0.1, -0.05) is 13.8 Å². The Morgan fingerprint density at radius 3 is 2.39 bits per heavy atom. The minimum atomic E-state index is 0.0850. The minimum Gasteiger partial charge on any atom is -0.497 e. The van der Waals surface area contributed by atoms with Crippen LogP contribution in [0.2, 0.25) is 0 Å². The van der Waals surface area contributed by atoms with Crippen molar-refractivity contribution in [3.05, 3.63) is 23.8 Å². The van der Waals surface area contributed by atoms with E-state index < -0.39 is 0 Å². The summed E-state index contributed by atoms with van der Waals surface area (Å²) in [6.07, 6.45) is 2.12. The number of hydrogen-bond acceptors (Lipinski definition) is 4. The molecule has 0 spiro atoms. The first-order valence-electron chi connectivity index (χ1n) is 10.4. The fourth-order valence-corrected chi connectivity index (χ4v) is 4.29. The molecule has 156 valence electrons. The molecular formula is C22H35N3O3. The number of methoxy groups -OCH3 is 2. The van der Waals surface area contributed by atoms with Gasteiger partial charge in [-0.05, 0) is 54.8 Å². The van der Waals surface area contributed by atoms with E-state index in [1.165, 1.54) is 12.0 Å². The molecule has 6 heteroatoms. The summed E-state index contributed by atoms with van der Waals surface area (Å²) in [4.78, 5) is 16.8. The monoisotopic (exact) mass is 389 g/mol. The molecule has 2 aliphatic heterocycles. The highest BCUT2D eigenvalue weighted by Gasteiger charge is 2.31. The van der Waals surface area contributed by atoms with Crippen molar-refractivity contribution in [3.63, 3.8) is 0 Å². The molecule has 1 N–H and O–H groups in total. The van der Waals surface area contributed by atoms with Crippen molar-refractivity contribution in [2.24, 2.45) is 17.8 Å². The third-order valence-corrected chi connectivity index (χ3v) is 5.72. The van der Waals surface area contributed by atoms with Crippen molar-refractivity contribution >= 4 is 6.03 Å². The van der Waals surface area contributed by atoms with Gasteiger partial charge in [-0.2, -0.15) is 0 Å².